The Labute approximate surface area is 144 Å². The second-order valence-corrected chi connectivity index (χ2v) is 8.77. The maximum absolute atomic E-state index is 9.13. The predicted octanol–water partition coefficient (Wildman–Crippen LogP) is 3.18. The number of nitrogens with two attached hydrogens (primary N) is 1. The van der Waals surface area contributed by atoms with Gasteiger partial charge >= 0.3 is 0 Å². The van der Waals surface area contributed by atoms with Gasteiger partial charge in [-0.1, -0.05) is 24.6 Å². The van der Waals surface area contributed by atoms with Crippen molar-refractivity contribution in [3.05, 3.63) is 35.4 Å². The maximum atomic E-state index is 9.13. The fraction of sp³-hybridized carbons (Fsp3) is 0.650. The van der Waals surface area contributed by atoms with Gasteiger partial charge < -0.3 is 5.32 Å². The third-order valence-corrected chi connectivity index (χ3v) is 7.65. The summed E-state index contributed by atoms with van der Waals surface area (Å²) in [5, 5.41) is 11.8. The number of thioether (sulfide) groups is 1. The Morgan fingerprint density at radius 1 is 1.13 bits per heavy atom. The number of rotatable bonds is 6. The molecule has 23 heavy (non-hydrogen) atoms. The van der Waals surface area contributed by atoms with E-state index in [0.717, 1.165) is 41.0 Å². The van der Waals surface area contributed by atoms with Gasteiger partial charge in [0.1, 0.15) is 0 Å². The van der Waals surface area contributed by atoms with Crippen LogP contribution in [0.5, 0.6) is 0 Å². The van der Waals surface area contributed by atoms with Crippen molar-refractivity contribution in [2.75, 3.05) is 12.3 Å². The van der Waals surface area contributed by atoms with E-state index in [1.54, 1.807) is 6.42 Å². The Morgan fingerprint density at radius 3 is 2.91 bits per heavy atom. The van der Waals surface area contributed by atoms with Gasteiger partial charge in [-0.3, -0.25) is 0 Å². The van der Waals surface area contributed by atoms with Crippen LogP contribution < -0.4 is 5.32 Å². The topological polar surface area (TPSA) is 40.4 Å². The first kappa shape index (κ1) is 15.5. The van der Waals surface area contributed by atoms with Gasteiger partial charge in [0.05, 0.1) is 24.2 Å². The lowest BCUT2D eigenvalue weighted by Gasteiger charge is -2.29. The minimum absolute atomic E-state index is 0.837. The molecule has 3 fully saturated rings. The van der Waals surface area contributed by atoms with Crippen LogP contribution in [0.25, 0.3) is 0 Å². The Morgan fingerprint density at radius 2 is 2.00 bits per heavy atom. The SMILES string of the molecule is N#Cc1ccccc1CSCC[NH2+][C@@H]1C[C@H]2C[C@@H]1[C@H]1CCC[C@H]21. The molecule has 1 aromatic carbocycles. The van der Waals surface area contributed by atoms with E-state index in [0.29, 0.717) is 0 Å². The number of hydrogen-bond acceptors (Lipinski definition) is 2. The van der Waals surface area contributed by atoms with E-state index in [4.69, 9.17) is 5.26 Å². The molecule has 0 heterocycles. The number of quaternary nitrogens is 1. The van der Waals surface area contributed by atoms with Gasteiger partial charge in [0, 0.05) is 23.8 Å². The monoisotopic (exact) mass is 327 g/mol. The van der Waals surface area contributed by atoms with Gasteiger partial charge in [-0.05, 0) is 48.6 Å². The Kier molecular flexibility index (Phi) is 4.64. The molecule has 3 saturated carbocycles. The smallest absolute Gasteiger partial charge is 0.0994 e. The molecule has 0 amide bonds. The van der Waals surface area contributed by atoms with Gasteiger partial charge in [0.2, 0.25) is 0 Å². The minimum Gasteiger partial charge on any atom is -0.343 e. The van der Waals surface area contributed by atoms with Crippen LogP contribution in [0.4, 0.5) is 0 Å². The number of benzene rings is 1. The molecule has 122 valence electrons. The molecular weight excluding hydrogens is 300 g/mol. The van der Waals surface area contributed by atoms with Crippen LogP contribution in [-0.4, -0.2) is 18.3 Å². The van der Waals surface area contributed by atoms with Crippen LogP contribution in [0.3, 0.4) is 0 Å². The van der Waals surface area contributed by atoms with Crippen molar-refractivity contribution in [3.8, 4) is 6.07 Å². The van der Waals surface area contributed by atoms with Gasteiger partial charge in [-0.25, -0.2) is 0 Å². The number of fused-ring (bicyclic) bond motifs is 5. The molecule has 5 atom stereocenters. The van der Waals surface area contributed by atoms with Gasteiger partial charge in [0.25, 0.3) is 0 Å². The lowest BCUT2D eigenvalue weighted by atomic mass is 9.79. The molecule has 1 aromatic rings. The largest absolute Gasteiger partial charge is 0.343 e. The molecule has 2 bridgehead atoms. The Balaban J connectivity index is 1.19. The summed E-state index contributed by atoms with van der Waals surface area (Å²) < 4.78 is 0. The summed E-state index contributed by atoms with van der Waals surface area (Å²) in [6, 6.07) is 11.2. The van der Waals surface area contributed by atoms with Crippen LogP contribution in [0.15, 0.2) is 24.3 Å². The third-order valence-electron chi connectivity index (χ3n) is 6.61. The average Bonchev–Trinajstić information content (AvgIpc) is 3.27. The standard InChI is InChI=1S/C20H26N2S/c21-12-14-4-1-2-5-15(14)13-23-9-8-22-20-11-16-10-19(20)18-7-3-6-17(16)18/h1-2,4-5,16-20,22H,3,6-11,13H2/p+1/t16-,17-,18+,19-,20-/m1/s1. The van der Waals surface area contributed by atoms with Crippen molar-refractivity contribution in [1.82, 2.24) is 0 Å². The van der Waals surface area contributed by atoms with E-state index in [9.17, 15) is 0 Å². The highest BCUT2D eigenvalue weighted by Crippen LogP contribution is 2.57. The number of hydrogen-bond donors (Lipinski definition) is 1. The van der Waals surface area contributed by atoms with Gasteiger partial charge in [0.15, 0.2) is 0 Å². The highest BCUT2D eigenvalue weighted by molar-refractivity contribution is 7.98. The van der Waals surface area contributed by atoms with Crippen molar-refractivity contribution >= 4 is 11.8 Å². The second kappa shape index (κ2) is 6.87. The van der Waals surface area contributed by atoms with E-state index in [1.165, 1.54) is 43.5 Å². The molecule has 3 aliphatic rings. The average molecular weight is 328 g/mol. The summed E-state index contributed by atoms with van der Waals surface area (Å²) >= 11 is 1.98. The highest BCUT2D eigenvalue weighted by Gasteiger charge is 2.55. The maximum Gasteiger partial charge on any atom is 0.0994 e. The zero-order chi connectivity index (χ0) is 15.6. The van der Waals surface area contributed by atoms with Crippen molar-refractivity contribution in [2.24, 2.45) is 23.7 Å². The van der Waals surface area contributed by atoms with Crippen LogP contribution in [0.2, 0.25) is 0 Å². The summed E-state index contributed by atoms with van der Waals surface area (Å²) in [7, 11) is 0. The summed E-state index contributed by atoms with van der Waals surface area (Å²) in [6.07, 6.45) is 7.60. The molecule has 3 heteroatoms. The normalized spacial score (nSPS) is 34.5. The van der Waals surface area contributed by atoms with E-state index >= 15 is 0 Å². The van der Waals surface area contributed by atoms with Gasteiger partial charge in [-0.15, -0.1) is 0 Å². The first-order chi connectivity index (χ1) is 11.4. The predicted molar refractivity (Wildman–Crippen MR) is 94.9 cm³/mol. The van der Waals surface area contributed by atoms with Crippen LogP contribution in [0, 0.1) is 35.0 Å². The molecule has 2 N–H and O–H groups in total. The first-order valence-corrected chi connectivity index (χ1v) is 10.4. The van der Waals surface area contributed by atoms with Crippen LogP contribution in [-0.2, 0) is 5.75 Å². The molecule has 0 radical (unpaired) electrons. The molecule has 3 aliphatic carbocycles. The molecule has 0 saturated heterocycles. The summed E-state index contributed by atoms with van der Waals surface area (Å²) in [4.78, 5) is 0. The van der Waals surface area contributed by atoms with E-state index in [1.807, 2.05) is 30.0 Å². The third kappa shape index (κ3) is 3.04. The lowest BCUT2D eigenvalue weighted by Crippen LogP contribution is -2.92. The Hall–Kier alpha value is -0.980. The summed E-state index contributed by atoms with van der Waals surface area (Å²) in [5.41, 5.74) is 2.03. The van der Waals surface area contributed by atoms with E-state index in [2.05, 4.69) is 17.5 Å². The zero-order valence-electron chi connectivity index (χ0n) is 13.8. The molecule has 0 unspecified atom stereocenters. The first-order valence-electron chi connectivity index (χ1n) is 9.26. The van der Waals surface area contributed by atoms with E-state index < -0.39 is 0 Å². The molecule has 2 nitrogen and oxygen atoms in total. The number of nitrogens with zero attached hydrogens (tertiary/aromatic N) is 1. The highest BCUT2D eigenvalue weighted by atomic mass is 32.2. The lowest BCUT2D eigenvalue weighted by molar-refractivity contribution is -0.692. The van der Waals surface area contributed by atoms with Crippen molar-refractivity contribution < 1.29 is 5.32 Å². The minimum atomic E-state index is 0.837. The molecular formula is C20H27N2S+. The van der Waals surface area contributed by atoms with Crippen molar-refractivity contribution in [2.45, 2.75) is 43.9 Å². The van der Waals surface area contributed by atoms with E-state index in [-0.39, 0.29) is 0 Å². The fourth-order valence-electron chi connectivity index (χ4n) is 5.69. The summed E-state index contributed by atoms with van der Waals surface area (Å²) in [6.45, 7) is 1.24. The van der Waals surface area contributed by atoms with Crippen molar-refractivity contribution in [3.63, 3.8) is 0 Å². The Bertz CT molecular complexity index is 594. The molecule has 0 spiro atoms. The summed E-state index contributed by atoms with van der Waals surface area (Å²) in [5.74, 6) is 6.48. The molecule has 0 aromatic heterocycles. The van der Waals surface area contributed by atoms with Crippen molar-refractivity contribution in [1.29, 1.82) is 5.26 Å². The number of nitriles is 1. The van der Waals surface area contributed by atoms with Gasteiger partial charge in [-0.2, -0.15) is 17.0 Å². The van der Waals surface area contributed by atoms with Crippen LogP contribution >= 0.6 is 11.8 Å². The fourth-order valence-corrected chi connectivity index (χ4v) is 6.61. The zero-order valence-corrected chi connectivity index (χ0v) is 14.6. The van der Waals surface area contributed by atoms with Crippen LogP contribution in [0.1, 0.15) is 43.2 Å². The second-order valence-electron chi connectivity index (χ2n) is 7.66. The quantitative estimate of drug-likeness (QED) is 0.815. The molecule has 0 aliphatic heterocycles. The molecule has 4 rings (SSSR count).